The highest BCUT2D eigenvalue weighted by atomic mass is 16.5. The smallest absolute Gasteiger partial charge is 0.308 e. The summed E-state index contributed by atoms with van der Waals surface area (Å²) in [7, 11) is 1.80. The second kappa shape index (κ2) is 9.24. The molecule has 0 spiro atoms. The monoisotopic (exact) mass is 337 g/mol. The molecule has 0 unspecified atom stereocenters. The fourth-order valence-corrected chi connectivity index (χ4v) is 2.88. The van der Waals surface area contributed by atoms with Gasteiger partial charge in [-0.05, 0) is 37.0 Å². The van der Waals surface area contributed by atoms with Gasteiger partial charge in [0.2, 0.25) is 5.91 Å². The highest BCUT2D eigenvalue weighted by Crippen LogP contribution is 2.30. The first-order chi connectivity index (χ1) is 11.1. The van der Waals surface area contributed by atoms with Crippen LogP contribution in [0, 0.1) is 17.3 Å². The molecular formula is C20H35NO3. The number of allylic oxidation sites excluding steroid dienone is 1. The number of ether oxygens (including phenoxy) is 1. The molecule has 1 aliphatic rings. The second-order valence-corrected chi connectivity index (χ2v) is 8.39. The maximum absolute atomic E-state index is 12.4. The van der Waals surface area contributed by atoms with Crippen LogP contribution in [0.5, 0.6) is 0 Å². The van der Waals surface area contributed by atoms with Crippen LogP contribution in [0.2, 0.25) is 0 Å². The Morgan fingerprint density at radius 2 is 1.83 bits per heavy atom. The molecule has 0 aromatic rings. The Labute approximate surface area is 147 Å². The third-order valence-electron chi connectivity index (χ3n) is 4.82. The first kappa shape index (κ1) is 20.7. The van der Waals surface area contributed by atoms with Gasteiger partial charge in [0.05, 0.1) is 5.92 Å². The number of hydrogen-bond donors (Lipinski definition) is 0. The molecule has 1 amide bonds. The quantitative estimate of drug-likeness (QED) is 0.610. The number of cyclic esters (lactones) is 1. The topological polar surface area (TPSA) is 46.6 Å². The summed E-state index contributed by atoms with van der Waals surface area (Å²) >= 11 is 0. The standard InChI is InChI=1S/C20H35NO3/c1-15-10-9-12-18(22)21(6)13-8-7-11-16(2)19(23)24-17(14-15)20(3,4)5/h8,13,15-17H,7,9-12,14H2,1-6H3/b13-8-/t15-,16+,17+/m0/s1. The van der Waals surface area contributed by atoms with Crippen LogP contribution in [0.1, 0.15) is 73.1 Å². The molecule has 1 rings (SSSR count). The Bertz CT molecular complexity index is 450. The highest BCUT2D eigenvalue weighted by molar-refractivity contribution is 5.76. The van der Waals surface area contributed by atoms with E-state index in [-0.39, 0.29) is 29.3 Å². The first-order valence-electron chi connectivity index (χ1n) is 9.24. The third-order valence-corrected chi connectivity index (χ3v) is 4.82. The molecule has 4 nitrogen and oxygen atoms in total. The summed E-state index contributed by atoms with van der Waals surface area (Å²) in [6.07, 6.45) is 8.48. The summed E-state index contributed by atoms with van der Waals surface area (Å²) in [5.74, 6) is 0.355. The van der Waals surface area contributed by atoms with Gasteiger partial charge in [-0.2, -0.15) is 0 Å². The minimum atomic E-state index is -0.124. The van der Waals surface area contributed by atoms with Crippen molar-refractivity contribution < 1.29 is 14.3 Å². The lowest BCUT2D eigenvalue weighted by Crippen LogP contribution is -2.35. The Morgan fingerprint density at radius 1 is 1.17 bits per heavy atom. The van der Waals surface area contributed by atoms with E-state index in [2.05, 4.69) is 27.7 Å². The lowest BCUT2D eigenvalue weighted by molar-refractivity contribution is -0.160. The lowest BCUT2D eigenvalue weighted by atomic mass is 9.82. The molecular weight excluding hydrogens is 302 g/mol. The van der Waals surface area contributed by atoms with Gasteiger partial charge in [0.1, 0.15) is 6.10 Å². The molecule has 4 heteroatoms. The number of amides is 1. The van der Waals surface area contributed by atoms with Crippen LogP contribution >= 0.6 is 0 Å². The van der Waals surface area contributed by atoms with E-state index in [0.717, 1.165) is 32.1 Å². The van der Waals surface area contributed by atoms with E-state index < -0.39 is 0 Å². The average molecular weight is 338 g/mol. The molecule has 0 N–H and O–H groups in total. The van der Waals surface area contributed by atoms with Crippen molar-refractivity contribution in [1.82, 2.24) is 4.90 Å². The van der Waals surface area contributed by atoms with E-state index in [9.17, 15) is 9.59 Å². The summed E-state index contributed by atoms with van der Waals surface area (Å²) in [5.41, 5.74) is -0.0759. The van der Waals surface area contributed by atoms with Crippen molar-refractivity contribution in [1.29, 1.82) is 0 Å². The minimum Gasteiger partial charge on any atom is -0.462 e. The van der Waals surface area contributed by atoms with Crippen LogP contribution in [-0.2, 0) is 14.3 Å². The first-order valence-corrected chi connectivity index (χ1v) is 9.24. The fraction of sp³-hybridized carbons (Fsp3) is 0.800. The summed E-state index contributed by atoms with van der Waals surface area (Å²) < 4.78 is 5.88. The van der Waals surface area contributed by atoms with Crippen LogP contribution in [0.25, 0.3) is 0 Å². The summed E-state index contributed by atoms with van der Waals surface area (Å²) in [6.45, 7) is 10.5. The zero-order valence-corrected chi connectivity index (χ0v) is 16.3. The Morgan fingerprint density at radius 3 is 2.46 bits per heavy atom. The van der Waals surface area contributed by atoms with Crippen molar-refractivity contribution in [3.63, 3.8) is 0 Å². The van der Waals surface area contributed by atoms with Crippen LogP contribution in [0.15, 0.2) is 12.3 Å². The second-order valence-electron chi connectivity index (χ2n) is 8.39. The number of rotatable bonds is 0. The van der Waals surface area contributed by atoms with Gasteiger partial charge in [-0.15, -0.1) is 0 Å². The van der Waals surface area contributed by atoms with E-state index >= 15 is 0 Å². The molecule has 0 radical (unpaired) electrons. The highest BCUT2D eigenvalue weighted by Gasteiger charge is 2.31. The van der Waals surface area contributed by atoms with Gasteiger partial charge in [-0.3, -0.25) is 9.59 Å². The molecule has 0 saturated carbocycles. The van der Waals surface area contributed by atoms with Gasteiger partial charge in [0.25, 0.3) is 0 Å². The van der Waals surface area contributed by atoms with Gasteiger partial charge in [0, 0.05) is 19.7 Å². The van der Waals surface area contributed by atoms with Gasteiger partial charge >= 0.3 is 5.97 Å². The fourth-order valence-electron chi connectivity index (χ4n) is 2.88. The van der Waals surface area contributed by atoms with Gasteiger partial charge in [0.15, 0.2) is 0 Å². The largest absolute Gasteiger partial charge is 0.462 e. The number of carbonyl (C=O) groups is 2. The summed E-state index contributed by atoms with van der Waals surface area (Å²) in [5, 5.41) is 0. The van der Waals surface area contributed by atoms with Crippen molar-refractivity contribution in [2.24, 2.45) is 17.3 Å². The van der Waals surface area contributed by atoms with Gasteiger partial charge in [-0.25, -0.2) is 0 Å². The van der Waals surface area contributed by atoms with E-state index in [1.165, 1.54) is 0 Å². The van der Waals surface area contributed by atoms with Crippen molar-refractivity contribution in [2.75, 3.05) is 7.05 Å². The molecule has 138 valence electrons. The molecule has 0 aromatic carbocycles. The maximum Gasteiger partial charge on any atom is 0.308 e. The molecule has 1 heterocycles. The lowest BCUT2D eigenvalue weighted by Gasteiger charge is -2.33. The molecule has 0 saturated heterocycles. The molecule has 0 bridgehead atoms. The molecule has 0 aromatic heterocycles. The van der Waals surface area contributed by atoms with Crippen molar-refractivity contribution in [2.45, 2.75) is 79.2 Å². The summed E-state index contributed by atoms with van der Waals surface area (Å²) in [4.78, 5) is 26.2. The van der Waals surface area contributed by atoms with Crippen molar-refractivity contribution in [3.8, 4) is 0 Å². The van der Waals surface area contributed by atoms with Crippen molar-refractivity contribution >= 4 is 11.9 Å². The van der Waals surface area contributed by atoms with Crippen LogP contribution in [0.3, 0.4) is 0 Å². The molecule has 0 aliphatic carbocycles. The van der Waals surface area contributed by atoms with Gasteiger partial charge in [-0.1, -0.05) is 47.1 Å². The van der Waals surface area contributed by atoms with E-state index in [4.69, 9.17) is 4.74 Å². The summed E-state index contributed by atoms with van der Waals surface area (Å²) in [6, 6.07) is 0. The minimum absolute atomic E-state index is 0.0759. The SMILES string of the molecule is C[C@H]1CCCC(=O)N(C)/C=C\CC[C@@H](C)C(=O)O[C@@H](C(C)(C)C)C1. The Kier molecular flexibility index (Phi) is 7.98. The normalized spacial score (nSPS) is 30.2. The zero-order chi connectivity index (χ0) is 18.3. The Balaban J connectivity index is 2.86. The molecule has 3 atom stereocenters. The Hall–Kier alpha value is -1.32. The molecule has 1 aliphatic heterocycles. The molecule has 24 heavy (non-hydrogen) atoms. The number of hydrogen-bond acceptors (Lipinski definition) is 3. The average Bonchev–Trinajstić information content (AvgIpc) is 2.48. The van der Waals surface area contributed by atoms with Crippen LogP contribution in [0.4, 0.5) is 0 Å². The van der Waals surface area contributed by atoms with E-state index in [1.54, 1.807) is 11.9 Å². The molecule has 0 fully saturated rings. The predicted octanol–water partition coefficient (Wildman–Crippen LogP) is 4.54. The van der Waals surface area contributed by atoms with E-state index in [1.807, 2.05) is 19.2 Å². The van der Waals surface area contributed by atoms with Crippen molar-refractivity contribution in [3.05, 3.63) is 12.3 Å². The van der Waals surface area contributed by atoms with E-state index in [0.29, 0.717) is 12.3 Å². The number of esters is 1. The number of nitrogens with zero attached hydrogens (tertiary/aromatic N) is 1. The maximum atomic E-state index is 12.4. The van der Waals surface area contributed by atoms with Gasteiger partial charge < -0.3 is 9.64 Å². The van der Waals surface area contributed by atoms with Crippen LogP contribution in [-0.4, -0.2) is 29.9 Å². The third kappa shape index (κ3) is 7.06. The van der Waals surface area contributed by atoms with Crippen LogP contribution < -0.4 is 0 Å². The number of carbonyl (C=O) groups excluding carboxylic acids is 2. The zero-order valence-electron chi connectivity index (χ0n) is 16.3. The predicted molar refractivity (Wildman–Crippen MR) is 97.3 cm³/mol.